The Kier molecular flexibility index (Phi) is 15.0. The number of thioether (sulfide) groups is 1. The number of benzene rings is 1. The third kappa shape index (κ3) is 9.31. The maximum absolute atomic E-state index is 14.3. The van der Waals surface area contributed by atoms with Crippen molar-refractivity contribution in [3.05, 3.63) is 86.5 Å². The predicted octanol–water partition coefficient (Wildman–Crippen LogP) is 6.58. The number of carbonyl (C=O) groups is 2. The second kappa shape index (κ2) is 18.9. The van der Waals surface area contributed by atoms with E-state index >= 15 is 0 Å². The van der Waals surface area contributed by atoms with E-state index < -0.39 is 5.82 Å². The van der Waals surface area contributed by atoms with Gasteiger partial charge in [0.25, 0.3) is 0 Å². The maximum Gasteiger partial charge on any atom is 0.326 e. The van der Waals surface area contributed by atoms with Crippen molar-refractivity contribution in [3.63, 3.8) is 0 Å². The number of pyridine rings is 1. The number of aldehydes is 1. The number of hydrogen-bond acceptors (Lipinski definition) is 7. The number of terminal acetylenes is 1. The number of aromatic nitrogens is 1. The molecule has 2 N–H and O–H groups in total. The van der Waals surface area contributed by atoms with Gasteiger partial charge in [0.2, 0.25) is 0 Å². The average molecular weight is 663 g/mol. The number of nitriles is 1. The van der Waals surface area contributed by atoms with E-state index in [-0.39, 0.29) is 18.1 Å². The molecule has 3 aliphatic rings. The van der Waals surface area contributed by atoms with Crippen molar-refractivity contribution < 1.29 is 14.0 Å². The van der Waals surface area contributed by atoms with E-state index in [0.29, 0.717) is 52.6 Å². The molecule has 1 aromatic carbocycles. The van der Waals surface area contributed by atoms with Crippen LogP contribution in [-0.2, 0) is 4.79 Å². The van der Waals surface area contributed by atoms with Gasteiger partial charge in [0, 0.05) is 65.3 Å². The zero-order valence-electron chi connectivity index (χ0n) is 26.3. The third-order valence-corrected chi connectivity index (χ3v) is 9.38. The van der Waals surface area contributed by atoms with Gasteiger partial charge in [-0.25, -0.2) is 9.18 Å². The number of urea groups is 1. The van der Waals surface area contributed by atoms with Crippen LogP contribution in [0.5, 0.6) is 0 Å². The molecule has 11 heteroatoms. The van der Waals surface area contributed by atoms with Crippen LogP contribution in [0.2, 0.25) is 5.02 Å². The van der Waals surface area contributed by atoms with Gasteiger partial charge in [-0.05, 0) is 88.6 Å². The molecule has 5 rings (SSSR count). The number of likely N-dealkylation sites (N-methyl/N-ethyl adjacent to an activating group) is 1. The first-order chi connectivity index (χ1) is 22.4. The van der Waals surface area contributed by atoms with E-state index in [2.05, 4.69) is 39.4 Å². The second-order valence-corrected chi connectivity index (χ2v) is 12.2. The quantitative estimate of drug-likeness (QED) is 0.178. The number of amides is 2. The minimum atomic E-state index is -0.463. The highest BCUT2D eigenvalue weighted by Crippen LogP contribution is 2.44. The summed E-state index contributed by atoms with van der Waals surface area (Å²) in [5.74, 6) is 0.111. The first-order valence-corrected chi connectivity index (χ1v) is 16.5. The Bertz CT molecular complexity index is 1530. The highest BCUT2D eigenvalue weighted by Gasteiger charge is 2.35. The lowest BCUT2D eigenvalue weighted by atomic mass is 9.87. The number of rotatable bonds is 9. The molecule has 46 heavy (non-hydrogen) atoms. The SMILES string of the molecule is C#C.CC1=C(SCCC=O)C2=C(/C(C#N)=C(/c3cc(F)ccc3Cl)CC1)N(c1ccncc1)C(=O)NC2.CNCCN1CCCC1. The van der Waals surface area contributed by atoms with Crippen molar-refractivity contribution >= 4 is 46.9 Å². The molecule has 0 saturated carbocycles. The van der Waals surface area contributed by atoms with Crippen molar-refractivity contribution in [2.24, 2.45) is 0 Å². The summed E-state index contributed by atoms with van der Waals surface area (Å²) in [6.45, 7) is 7.23. The Hall–Kier alpha value is -3.93. The van der Waals surface area contributed by atoms with Gasteiger partial charge < -0.3 is 20.3 Å². The minimum absolute atomic E-state index is 0.214. The van der Waals surface area contributed by atoms with Gasteiger partial charge in [0.15, 0.2) is 0 Å². The zero-order chi connectivity index (χ0) is 33.5. The molecule has 2 amide bonds. The molecule has 242 valence electrons. The van der Waals surface area contributed by atoms with Gasteiger partial charge in [0.1, 0.15) is 18.2 Å². The van der Waals surface area contributed by atoms with E-state index in [1.807, 2.05) is 14.0 Å². The fourth-order valence-electron chi connectivity index (χ4n) is 5.52. The molecule has 0 spiro atoms. The van der Waals surface area contributed by atoms with Crippen molar-refractivity contribution in [2.75, 3.05) is 50.4 Å². The van der Waals surface area contributed by atoms with Crippen molar-refractivity contribution in [3.8, 4) is 18.9 Å². The summed E-state index contributed by atoms with van der Waals surface area (Å²) in [4.78, 5) is 33.1. The number of likely N-dealkylation sites (tertiary alicyclic amines) is 1. The van der Waals surface area contributed by atoms with Crippen LogP contribution in [0, 0.1) is 30.0 Å². The lowest BCUT2D eigenvalue weighted by Gasteiger charge is -2.35. The minimum Gasteiger partial charge on any atom is -0.333 e. The van der Waals surface area contributed by atoms with Gasteiger partial charge in [-0.2, -0.15) is 5.26 Å². The summed E-state index contributed by atoms with van der Waals surface area (Å²) in [5.41, 5.74) is 4.08. The zero-order valence-corrected chi connectivity index (χ0v) is 27.9. The Morgan fingerprint density at radius 3 is 2.54 bits per heavy atom. The third-order valence-electron chi connectivity index (χ3n) is 7.72. The van der Waals surface area contributed by atoms with Crippen LogP contribution in [0.1, 0.15) is 44.6 Å². The van der Waals surface area contributed by atoms with E-state index in [0.717, 1.165) is 28.9 Å². The van der Waals surface area contributed by atoms with Gasteiger partial charge in [-0.1, -0.05) is 17.2 Å². The molecule has 0 bridgehead atoms. The Balaban J connectivity index is 0.000000446. The molecule has 1 fully saturated rings. The Labute approximate surface area is 280 Å². The predicted molar refractivity (Wildman–Crippen MR) is 186 cm³/mol. The second-order valence-electron chi connectivity index (χ2n) is 10.7. The molecule has 1 saturated heterocycles. The van der Waals surface area contributed by atoms with E-state index in [4.69, 9.17) is 11.6 Å². The van der Waals surface area contributed by atoms with E-state index in [1.165, 1.54) is 67.3 Å². The fourth-order valence-corrected chi connectivity index (χ4v) is 6.86. The van der Waals surface area contributed by atoms with Crippen LogP contribution in [0.25, 0.3) is 5.57 Å². The molecule has 0 unspecified atom stereocenters. The first-order valence-electron chi connectivity index (χ1n) is 15.2. The lowest BCUT2D eigenvalue weighted by molar-refractivity contribution is -0.107. The first kappa shape index (κ1) is 36.5. The molecule has 0 radical (unpaired) electrons. The van der Waals surface area contributed by atoms with E-state index in [9.17, 15) is 19.2 Å². The van der Waals surface area contributed by atoms with Crippen LogP contribution < -0.4 is 15.5 Å². The van der Waals surface area contributed by atoms with Gasteiger partial charge >= 0.3 is 6.03 Å². The Morgan fingerprint density at radius 2 is 1.89 bits per heavy atom. The summed E-state index contributed by atoms with van der Waals surface area (Å²) < 4.78 is 14.3. The van der Waals surface area contributed by atoms with Crippen LogP contribution in [0.3, 0.4) is 0 Å². The largest absolute Gasteiger partial charge is 0.333 e. The smallest absolute Gasteiger partial charge is 0.326 e. The summed E-state index contributed by atoms with van der Waals surface area (Å²) in [6, 6.07) is 9.37. The fraction of sp³-hybridized carbons (Fsp3) is 0.371. The van der Waals surface area contributed by atoms with Gasteiger partial charge in [0.05, 0.1) is 17.0 Å². The molecular weight excluding hydrogens is 623 g/mol. The van der Waals surface area contributed by atoms with Crippen molar-refractivity contribution in [2.45, 2.75) is 39.0 Å². The van der Waals surface area contributed by atoms with Crippen LogP contribution >= 0.6 is 23.4 Å². The van der Waals surface area contributed by atoms with Crippen molar-refractivity contribution in [1.82, 2.24) is 20.5 Å². The van der Waals surface area contributed by atoms with Crippen molar-refractivity contribution in [1.29, 1.82) is 5.26 Å². The molecule has 1 aromatic heterocycles. The summed E-state index contributed by atoms with van der Waals surface area (Å²) in [6.07, 6.45) is 16.2. The van der Waals surface area contributed by atoms with Gasteiger partial charge in [-0.15, -0.1) is 24.6 Å². The highest BCUT2D eigenvalue weighted by atomic mass is 35.5. The molecular formula is C35H40ClFN6O2S. The lowest BCUT2D eigenvalue weighted by Crippen LogP contribution is -2.46. The number of nitrogens with one attached hydrogen (secondary N) is 2. The maximum atomic E-state index is 14.3. The molecule has 2 aromatic rings. The number of hydrogen-bond donors (Lipinski definition) is 2. The topological polar surface area (TPSA) is 101 Å². The number of nitrogens with zero attached hydrogens (tertiary/aromatic N) is 4. The summed E-state index contributed by atoms with van der Waals surface area (Å²) in [7, 11) is 2.01. The summed E-state index contributed by atoms with van der Waals surface area (Å²) >= 11 is 8.01. The van der Waals surface area contributed by atoms with Crippen LogP contribution in [-0.4, -0.2) is 67.7 Å². The van der Waals surface area contributed by atoms with Gasteiger partial charge in [-0.3, -0.25) is 9.88 Å². The van der Waals surface area contributed by atoms with E-state index in [1.54, 1.807) is 24.5 Å². The number of allylic oxidation sites excluding steroid dienone is 3. The molecule has 3 heterocycles. The normalized spacial score (nSPS) is 18.2. The molecule has 8 nitrogen and oxygen atoms in total. The molecule has 2 aliphatic heterocycles. The average Bonchev–Trinajstić information content (AvgIpc) is 3.60. The highest BCUT2D eigenvalue weighted by molar-refractivity contribution is 8.03. The number of carbonyl (C=O) groups excluding carboxylic acids is 2. The molecule has 0 atom stereocenters. The van der Waals surface area contributed by atoms with Crippen LogP contribution in [0.4, 0.5) is 14.9 Å². The summed E-state index contributed by atoms with van der Waals surface area (Å²) in [5, 5.41) is 16.8. The Morgan fingerprint density at radius 1 is 1.17 bits per heavy atom. The number of halogens is 2. The molecule has 1 aliphatic carbocycles. The van der Waals surface area contributed by atoms with Crippen LogP contribution in [0.15, 0.2) is 70.0 Å². The number of anilines is 1. The standard InChI is InChI=1S/C26H22ClFN4O2S.C7H16N2.C2H2/c1-16-3-5-19(20-13-17(28)4-6-23(20)27)21(14-29)24-22(25(16)35-12-2-11-33)15-31-26(34)32(24)18-7-9-30-10-8-18;1-8-4-7-9-5-2-3-6-9;1-2/h4,6-11,13H,2-3,5,12,15H2,1H3,(H,31,34);8H,2-7H2,1H3;1-2H/b21-19+,25-16?;;. The monoisotopic (exact) mass is 662 g/mol.